The molecule has 1 aromatic heterocycles. The van der Waals surface area contributed by atoms with Gasteiger partial charge in [0.2, 0.25) is 0 Å². The van der Waals surface area contributed by atoms with Gasteiger partial charge in [0.05, 0.1) is 6.10 Å². The van der Waals surface area contributed by atoms with Crippen LogP contribution in [0.25, 0.3) is 0 Å². The van der Waals surface area contributed by atoms with Crippen molar-refractivity contribution >= 4 is 16.3 Å². The first-order valence-electron chi connectivity index (χ1n) is 4.66. The van der Waals surface area contributed by atoms with Crippen LogP contribution in [-0.4, -0.2) is 25.8 Å². The third-order valence-electron chi connectivity index (χ3n) is 2.03. The largest absolute Gasteiger partial charge is 0.490 e. The lowest BCUT2D eigenvalue weighted by molar-refractivity contribution is 0.111. The molecule has 6 nitrogen and oxygen atoms in total. The molecule has 0 atom stereocenters. The SMILES string of the molecule is NS(=O)(=O)c1cc(OC2CC2)cc(C=O)n1. The van der Waals surface area contributed by atoms with Gasteiger partial charge in [0, 0.05) is 12.1 Å². The zero-order chi connectivity index (χ0) is 11.8. The second-order valence-corrected chi connectivity index (χ2v) is 5.05. The Morgan fingerprint density at radius 2 is 2.12 bits per heavy atom. The summed E-state index contributed by atoms with van der Waals surface area (Å²) >= 11 is 0. The lowest BCUT2D eigenvalue weighted by Gasteiger charge is -2.06. The highest BCUT2D eigenvalue weighted by atomic mass is 32.2. The maximum absolute atomic E-state index is 11.1. The molecule has 0 amide bonds. The Labute approximate surface area is 92.5 Å². The zero-order valence-electron chi connectivity index (χ0n) is 8.29. The van der Waals surface area contributed by atoms with Gasteiger partial charge in [0.1, 0.15) is 11.4 Å². The Morgan fingerprint density at radius 1 is 1.44 bits per heavy atom. The van der Waals surface area contributed by atoms with Crippen LogP contribution in [0, 0.1) is 0 Å². The van der Waals surface area contributed by atoms with Crippen LogP contribution in [0.5, 0.6) is 5.75 Å². The van der Waals surface area contributed by atoms with Crippen molar-refractivity contribution in [2.75, 3.05) is 0 Å². The highest BCUT2D eigenvalue weighted by Gasteiger charge is 2.24. The van der Waals surface area contributed by atoms with Crippen LogP contribution >= 0.6 is 0 Å². The predicted molar refractivity (Wildman–Crippen MR) is 54.6 cm³/mol. The Morgan fingerprint density at radius 3 is 2.62 bits per heavy atom. The number of primary sulfonamides is 1. The number of carbonyl (C=O) groups excluding carboxylic acids is 1. The number of hydrogen-bond donors (Lipinski definition) is 1. The molecule has 16 heavy (non-hydrogen) atoms. The molecule has 7 heteroatoms. The smallest absolute Gasteiger partial charge is 0.255 e. The first-order valence-corrected chi connectivity index (χ1v) is 6.20. The number of nitrogens with zero attached hydrogens (tertiary/aromatic N) is 1. The molecule has 0 spiro atoms. The molecule has 1 saturated carbocycles. The molecule has 0 bridgehead atoms. The van der Waals surface area contributed by atoms with E-state index < -0.39 is 10.0 Å². The van der Waals surface area contributed by atoms with E-state index in [4.69, 9.17) is 9.88 Å². The summed E-state index contributed by atoms with van der Waals surface area (Å²) in [6.07, 6.45) is 2.43. The first-order chi connectivity index (χ1) is 7.49. The number of rotatable bonds is 4. The first kappa shape index (κ1) is 11.0. The predicted octanol–water partition coefficient (Wildman–Crippen LogP) is 0.0827. The molecular weight excluding hydrogens is 232 g/mol. The fourth-order valence-corrected chi connectivity index (χ4v) is 1.67. The molecule has 86 valence electrons. The molecule has 1 fully saturated rings. The van der Waals surface area contributed by atoms with Gasteiger partial charge in [0.15, 0.2) is 11.3 Å². The summed E-state index contributed by atoms with van der Waals surface area (Å²) in [6.45, 7) is 0. The minimum atomic E-state index is -3.92. The van der Waals surface area contributed by atoms with Crippen LogP contribution in [0.15, 0.2) is 17.2 Å². The molecule has 0 radical (unpaired) electrons. The molecule has 0 aliphatic heterocycles. The van der Waals surface area contributed by atoms with Crippen LogP contribution in [0.1, 0.15) is 23.3 Å². The van der Waals surface area contributed by atoms with E-state index in [0.29, 0.717) is 12.0 Å². The summed E-state index contributed by atoms with van der Waals surface area (Å²) < 4.78 is 27.6. The van der Waals surface area contributed by atoms with Gasteiger partial charge in [0.25, 0.3) is 10.0 Å². The summed E-state index contributed by atoms with van der Waals surface area (Å²) in [5, 5.41) is 4.58. The molecule has 1 aromatic rings. The maximum atomic E-state index is 11.1. The normalized spacial score (nSPS) is 15.8. The third-order valence-corrected chi connectivity index (χ3v) is 2.83. The molecule has 0 saturated heterocycles. The van der Waals surface area contributed by atoms with E-state index in [1.807, 2.05) is 0 Å². The van der Waals surface area contributed by atoms with Crippen molar-refractivity contribution in [2.24, 2.45) is 5.14 Å². The Balaban J connectivity index is 2.41. The monoisotopic (exact) mass is 242 g/mol. The molecule has 2 rings (SSSR count). The van der Waals surface area contributed by atoms with E-state index in [-0.39, 0.29) is 16.8 Å². The fourth-order valence-electron chi connectivity index (χ4n) is 1.15. The number of aromatic nitrogens is 1. The van der Waals surface area contributed by atoms with Crippen molar-refractivity contribution in [1.29, 1.82) is 0 Å². The maximum Gasteiger partial charge on any atom is 0.255 e. The number of ether oxygens (including phenoxy) is 1. The van der Waals surface area contributed by atoms with Crippen LogP contribution in [-0.2, 0) is 10.0 Å². The van der Waals surface area contributed by atoms with E-state index in [2.05, 4.69) is 4.98 Å². The molecule has 1 heterocycles. The van der Waals surface area contributed by atoms with Gasteiger partial charge in [-0.2, -0.15) is 0 Å². The summed E-state index contributed by atoms with van der Waals surface area (Å²) in [6, 6.07) is 2.61. The van der Waals surface area contributed by atoms with Crippen molar-refractivity contribution in [3.05, 3.63) is 17.8 Å². The van der Waals surface area contributed by atoms with E-state index in [9.17, 15) is 13.2 Å². The summed E-state index contributed by atoms with van der Waals surface area (Å²) in [5.74, 6) is 0.309. The summed E-state index contributed by atoms with van der Waals surface area (Å²) in [5.41, 5.74) is -0.0119. The van der Waals surface area contributed by atoms with Gasteiger partial charge in [-0.25, -0.2) is 18.5 Å². The van der Waals surface area contributed by atoms with Gasteiger partial charge in [-0.3, -0.25) is 4.79 Å². The van der Waals surface area contributed by atoms with Crippen molar-refractivity contribution < 1.29 is 17.9 Å². The van der Waals surface area contributed by atoms with E-state index in [1.54, 1.807) is 0 Å². The van der Waals surface area contributed by atoms with Gasteiger partial charge >= 0.3 is 0 Å². The Kier molecular flexibility index (Phi) is 2.64. The molecule has 0 unspecified atom stereocenters. The number of pyridine rings is 1. The highest BCUT2D eigenvalue weighted by molar-refractivity contribution is 7.89. The molecular formula is C9H10N2O4S. The standard InChI is InChI=1S/C9H10N2O4S/c10-16(13,14)9-4-8(15-7-1-2-7)3-6(5-12)11-9/h3-5,7H,1-2H2,(H2,10,13,14). The topological polar surface area (TPSA) is 99.4 Å². The molecule has 0 aromatic carbocycles. The number of carbonyl (C=O) groups is 1. The molecule has 1 aliphatic rings. The number of aldehydes is 1. The van der Waals surface area contributed by atoms with Crippen LogP contribution in [0.2, 0.25) is 0 Å². The van der Waals surface area contributed by atoms with E-state index >= 15 is 0 Å². The number of sulfonamides is 1. The van der Waals surface area contributed by atoms with Gasteiger partial charge in [-0.15, -0.1) is 0 Å². The van der Waals surface area contributed by atoms with Crippen LogP contribution < -0.4 is 9.88 Å². The van der Waals surface area contributed by atoms with Crippen molar-refractivity contribution in [1.82, 2.24) is 4.98 Å². The average molecular weight is 242 g/mol. The second-order valence-electron chi connectivity index (χ2n) is 3.55. The quantitative estimate of drug-likeness (QED) is 0.754. The fraction of sp³-hybridized carbons (Fsp3) is 0.333. The zero-order valence-corrected chi connectivity index (χ0v) is 9.11. The van der Waals surface area contributed by atoms with Crippen molar-refractivity contribution in [3.63, 3.8) is 0 Å². The van der Waals surface area contributed by atoms with Crippen molar-refractivity contribution in [3.8, 4) is 5.75 Å². The van der Waals surface area contributed by atoms with Crippen molar-refractivity contribution in [2.45, 2.75) is 24.0 Å². The summed E-state index contributed by atoms with van der Waals surface area (Å²) in [4.78, 5) is 14.2. The lowest BCUT2D eigenvalue weighted by atomic mass is 10.3. The number of nitrogens with two attached hydrogens (primary N) is 1. The highest BCUT2D eigenvalue weighted by Crippen LogP contribution is 2.27. The minimum absolute atomic E-state index is 0.0119. The van der Waals surface area contributed by atoms with Gasteiger partial charge in [-0.1, -0.05) is 0 Å². The van der Waals surface area contributed by atoms with Gasteiger partial charge < -0.3 is 4.74 Å². The molecule has 2 N–H and O–H groups in total. The Hall–Kier alpha value is -1.47. The minimum Gasteiger partial charge on any atom is -0.490 e. The van der Waals surface area contributed by atoms with Gasteiger partial charge in [-0.05, 0) is 12.8 Å². The van der Waals surface area contributed by atoms with E-state index in [1.165, 1.54) is 12.1 Å². The third kappa shape index (κ3) is 2.56. The average Bonchev–Trinajstić information content (AvgIpc) is 3.00. The van der Waals surface area contributed by atoms with E-state index in [0.717, 1.165) is 12.8 Å². The molecule has 1 aliphatic carbocycles. The van der Waals surface area contributed by atoms with Crippen LogP contribution in [0.4, 0.5) is 0 Å². The summed E-state index contributed by atoms with van der Waals surface area (Å²) in [7, 11) is -3.92. The van der Waals surface area contributed by atoms with Crippen LogP contribution in [0.3, 0.4) is 0 Å². The Bertz CT molecular complexity index is 522. The number of hydrogen-bond acceptors (Lipinski definition) is 5. The second kappa shape index (κ2) is 3.84. The lowest BCUT2D eigenvalue weighted by Crippen LogP contribution is -2.15.